The quantitative estimate of drug-likeness (QED) is 0.447. The Bertz CT molecular complexity index is 1130. The fourth-order valence-electron chi connectivity index (χ4n) is 3.89. The van der Waals surface area contributed by atoms with Crippen LogP contribution in [0.1, 0.15) is 34.2 Å². The van der Waals surface area contributed by atoms with E-state index >= 15 is 0 Å². The maximum Gasteiger partial charge on any atom is 0.270 e. The van der Waals surface area contributed by atoms with Gasteiger partial charge in [0, 0.05) is 28.6 Å². The minimum Gasteiger partial charge on any atom is -0.349 e. The molecule has 0 bridgehead atoms. The average molecular weight is 450 g/mol. The largest absolute Gasteiger partial charge is 0.349 e. The summed E-state index contributed by atoms with van der Waals surface area (Å²) < 4.78 is 1.82. The van der Waals surface area contributed by atoms with E-state index in [-0.39, 0.29) is 11.9 Å². The van der Waals surface area contributed by atoms with Crippen molar-refractivity contribution < 1.29 is 4.79 Å². The fraction of sp³-hybridized carbons (Fsp3) is 0.261. The molecule has 1 amide bonds. The van der Waals surface area contributed by atoms with E-state index in [1.807, 2.05) is 46.6 Å². The van der Waals surface area contributed by atoms with Gasteiger partial charge in [0.1, 0.15) is 10.7 Å². The van der Waals surface area contributed by atoms with E-state index in [1.165, 1.54) is 29.1 Å². The van der Waals surface area contributed by atoms with Crippen LogP contribution in [0, 0.1) is 0 Å². The monoisotopic (exact) mass is 449 g/mol. The third kappa shape index (κ3) is 4.46. The van der Waals surface area contributed by atoms with E-state index in [2.05, 4.69) is 37.8 Å². The second-order valence-electron chi connectivity index (χ2n) is 7.53. The molecule has 4 heterocycles. The highest BCUT2D eigenvalue weighted by molar-refractivity contribution is 7.13. The Hall–Kier alpha value is -2.81. The molecule has 158 valence electrons. The van der Waals surface area contributed by atoms with Crippen LogP contribution in [0.4, 0.5) is 0 Å². The van der Waals surface area contributed by atoms with Crippen molar-refractivity contribution in [2.75, 3.05) is 19.6 Å². The minimum atomic E-state index is -0.126. The SMILES string of the molecule is O=C(NCC(c1cccs1)N1CCCC1)c1csc(-c2cnn(-c3ccccc3)c2)n1. The third-order valence-electron chi connectivity index (χ3n) is 5.50. The van der Waals surface area contributed by atoms with E-state index in [1.54, 1.807) is 17.5 Å². The zero-order valence-electron chi connectivity index (χ0n) is 17.0. The van der Waals surface area contributed by atoms with Crippen molar-refractivity contribution in [3.8, 4) is 16.3 Å². The molecule has 1 saturated heterocycles. The normalized spacial score (nSPS) is 15.2. The first-order valence-electron chi connectivity index (χ1n) is 10.4. The van der Waals surface area contributed by atoms with Gasteiger partial charge in [-0.2, -0.15) is 5.10 Å². The summed E-state index contributed by atoms with van der Waals surface area (Å²) in [7, 11) is 0. The van der Waals surface area contributed by atoms with Crippen LogP contribution in [0.5, 0.6) is 0 Å². The van der Waals surface area contributed by atoms with Crippen molar-refractivity contribution in [1.29, 1.82) is 0 Å². The van der Waals surface area contributed by atoms with Gasteiger partial charge in [-0.1, -0.05) is 24.3 Å². The van der Waals surface area contributed by atoms with Crippen LogP contribution in [0.3, 0.4) is 0 Å². The van der Waals surface area contributed by atoms with Crippen molar-refractivity contribution in [2.45, 2.75) is 18.9 Å². The molecule has 0 radical (unpaired) electrons. The number of nitrogens with one attached hydrogen (secondary N) is 1. The fourth-order valence-corrected chi connectivity index (χ4v) is 5.53. The summed E-state index contributed by atoms with van der Waals surface area (Å²) in [6, 6.07) is 14.4. The van der Waals surface area contributed by atoms with Gasteiger partial charge in [-0.15, -0.1) is 22.7 Å². The number of amides is 1. The van der Waals surface area contributed by atoms with Crippen LogP contribution in [-0.2, 0) is 0 Å². The van der Waals surface area contributed by atoms with Gasteiger partial charge < -0.3 is 5.32 Å². The van der Waals surface area contributed by atoms with Gasteiger partial charge in [-0.25, -0.2) is 9.67 Å². The van der Waals surface area contributed by atoms with E-state index in [0.717, 1.165) is 29.3 Å². The van der Waals surface area contributed by atoms with E-state index in [4.69, 9.17) is 0 Å². The van der Waals surface area contributed by atoms with Gasteiger partial charge >= 0.3 is 0 Å². The van der Waals surface area contributed by atoms with Crippen LogP contribution in [-0.4, -0.2) is 45.2 Å². The smallest absolute Gasteiger partial charge is 0.270 e. The van der Waals surface area contributed by atoms with Gasteiger partial charge in [-0.05, 0) is 49.5 Å². The lowest BCUT2D eigenvalue weighted by atomic mass is 10.2. The van der Waals surface area contributed by atoms with Gasteiger partial charge in [-0.3, -0.25) is 9.69 Å². The molecule has 6 nitrogen and oxygen atoms in total. The first kappa shape index (κ1) is 20.1. The number of thiophene rings is 1. The molecule has 1 N–H and O–H groups in total. The molecule has 1 aliphatic heterocycles. The van der Waals surface area contributed by atoms with E-state index in [0.29, 0.717) is 12.2 Å². The molecule has 4 aromatic rings. The van der Waals surface area contributed by atoms with Crippen molar-refractivity contribution in [1.82, 2.24) is 25.0 Å². The second kappa shape index (κ2) is 9.13. The predicted octanol–water partition coefficient (Wildman–Crippen LogP) is 4.62. The predicted molar refractivity (Wildman–Crippen MR) is 125 cm³/mol. The summed E-state index contributed by atoms with van der Waals surface area (Å²) in [5, 5.41) is 12.2. The topological polar surface area (TPSA) is 63.1 Å². The molecule has 8 heteroatoms. The van der Waals surface area contributed by atoms with Crippen molar-refractivity contribution in [2.24, 2.45) is 0 Å². The Morgan fingerprint density at radius 3 is 2.71 bits per heavy atom. The maximum atomic E-state index is 12.8. The molecular weight excluding hydrogens is 426 g/mol. The molecule has 0 saturated carbocycles. The lowest BCUT2D eigenvalue weighted by Crippen LogP contribution is -2.36. The van der Waals surface area contributed by atoms with Crippen LogP contribution >= 0.6 is 22.7 Å². The average Bonchev–Trinajstić information content (AvgIpc) is 3.61. The Kier molecular flexibility index (Phi) is 5.93. The highest BCUT2D eigenvalue weighted by atomic mass is 32.1. The summed E-state index contributed by atoms with van der Waals surface area (Å²) in [6.07, 6.45) is 6.17. The Balaban J connectivity index is 1.26. The van der Waals surface area contributed by atoms with Gasteiger partial charge in [0.25, 0.3) is 5.91 Å². The van der Waals surface area contributed by atoms with Crippen molar-refractivity contribution in [3.05, 3.63) is 76.2 Å². The highest BCUT2D eigenvalue weighted by Gasteiger charge is 2.25. The van der Waals surface area contributed by atoms with Crippen molar-refractivity contribution >= 4 is 28.6 Å². The van der Waals surface area contributed by atoms with E-state index < -0.39 is 0 Å². The first-order valence-corrected chi connectivity index (χ1v) is 12.2. The number of likely N-dealkylation sites (tertiary alicyclic amines) is 1. The number of para-hydroxylation sites is 1. The lowest BCUT2D eigenvalue weighted by molar-refractivity contribution is 0.0934. The summed E-state index contributed by atoms with van der Waals surface area (Å²) in [6.45, 7) is 2.77. The summed E-state index contributed by atoms with van der Waals surface area (Å²) in [5.41, 5.74) is 2.35. The highest BCUT2D eigenvalue weighted by Crippen LogP contribution is 2.28. The Morgan fingerprint density at radius 1 is 1.10 bits per heavy atom. The molecule has 1 aromatic carbocycles. The van der Waals surface area contributed by atoms with Crippen LogP contribution in [0.15, 0.2) is 65.6 Å². The first-order chi connectivity index (χ1) is 15.3. The molecule has 1 unspecified atom stereocenters. The summed E-state index contributed by atoms with van der Waals surface area (Å²) in [4.78, 5) is 21.1. The van der Waals surface area contributed by atoms with Crippen LogP contribution < -0.4 is 5.32 Å². The summed E-state index contributed by atoms with van der Waals surface area (Å²) >= 11 is 3.21. The maximum absolute atomic E-state index is 12.8. The Morgan fingerprint density at radius 2 is 1.94 bits per heavy atom. The van der Waals surface area contributed by atoms with Gasteiger partial charge in [0.15, 0.2) is 0 Å². The van der Waals surface area contributed by atoms with E-state index in [9.17, 15) is 4.79 Å². The van der Waals surface area contributed by atoms with Gasteiger partial charge in [0.05, 0.1) is 17.9 Å². The van der Waals surface area contributed by atoms with Gasteiger partial charge in [0.2, 0.25) is 0 Å². The molecule has 3 aromatic heterocycles. The Labute approximate surface area is 189 Å². The number of hydrogen-bond donors (Lipinski definition) is 1. The molecule has 0 spiro atoms. The number of carbonyl (C=O) groups is 1. The number of aromatic nitrogens is 3. The van der Waals surface area contributed by atoms with Crippen LogP contribution in [0.2, 0.25) is 0 Å². The standard InChI is InChI=1S/C23H23N5OS2/c29-22(24-14-20(21-9-6-12-30-21)27-10-4-5-11-27)19-16-31-23(26-19)17-13-25-28(15-17)18-7-2-1-3-8-18/h1-3,6-9,12-13,15-16,20H,4-5,10-11,14H2,(H,24,29). The van der Waals surface area contributed by atoms with Crippen molar-refractivity contribution in [3.63, 3.8) is 0 Å². The zero-order valence-corrected chi connectivity index (χ0v) is 18.6. The molecular formula is C23H23N5OS2. The molecule has 1 aliphatic rings. The lowest BCUT2D eigenvalue weighted by Gasteiger charge is -2.26. The molecule has 0 aliphatic carbocycles. The number of thiazole rings is 1. The molecule has 31 heavy (non-hydrogen) atoms. The number of nitrogens with zero attached hydrogens (tertiary/aromatic N) is 4. The number of hydrogen-bond acceptors (Lipinski definition) is 6. The van der Waals surface area contributed by atoms with Crippen LogP contribution in [0.25, 0.3) is 16.3 Å². The minimum absolute atomic E-state index is 0.126. The zero-order chi connectivity index (χ0) is 21.0. The second-order valence-corrected chi connectivity index (χ2v) is 9.37. The molecule has 1 atom stereocenters. The molecule has 5 rings (SSSR count). The third-order valence-corrected chi connectivity index (χ3v) is 7.36. The number of benzene rings is 1. The molecule has 1 fully saturated rings. The summed E-state index contributed by atoms with van der Waals surface area (Å²) in [5.74, 6) is -0.126. The number of carbonyl (C=O) groups excluding carboxylic acids is 1. The number of rotatable bonds is 7.